The first-order valence-electron chi connectivity index (χ1n) is 6.04. The van der Waals surface area contributed by atoms with Gasteiger partial charge >= 0.3 is 6.09 Å². The normalized spacial score (nSPS) is 11.2. The molecule has 0 saturated carbocycles. The minimum absolute atomic E-state index is 0.386. The van der Waals surface area contributed by atoms with E-state index in [1.165, 1.54) is 11.1 Å². The van der Waals surface area contributed by atoms with E-state index in [2.05, 4.69) is 4.98 Å². The molecule has 0 fully saturated rings. The summed E-state index contributed by atoms with van der Waals surface area (Å²) in [6, 6.07) is 3.36. The zero-order valence-electron chi connectivity index (χ0n) is 11.8. The summed E-state index contributed by atoms with van der Waals surface area (Å²) in [4.78, 5) is 17.6. The summed E-state index contributed by atoms with van der Waals surface area (Å²) in [5.74, 6) is 0.402. The van der Waals surface area contributed by atoms with Gasteiger partial charge in [0.25, 0.3) is 0 Å². The highest BCUT2D eigenvalue weighted by atomic mass is 16.6. The molecule has 0 atom stereocenters. The molecule has 1 heterocycles. The Labute approximate surface area is 113 Å². The van der Waals surface area contributed by atoms with Crippen LogP contribution in [0.25, 0.3) is 0 Å². The Bertz CT molecular complexity index is 412. The lowest BCUT2D eigenvalue weighted by atomic mass is 10.2. The van der Waals surface area contributed by atoms with Crippen LogP contribution in [0.3, 0.4) is 0 Å². The molecule has 0 radical (unpaired) electrons. The van der Waals surface area contributed by atoms with Gasteiger partial charge < -0.3 is 15.2 Å². The van der Waals surface area contributed by atoms with Crippen LogP contribution in [-0.2, 0) is 9.47 Å². The number of nitrogens with zero attached hydrogens (tertiary/aromatic N) is 2. The smallest absolute Gasteiger partial charge is 0.414 e. The van der Waals surface area contributed by atoms with Gasteiger partial charge in [-0.05, 0) is 32.9 Å². The third-order valence-electron chi connectivity index (χ3n) is 2.22. The van der Waals surface area contributed by atoms with Crippen molar-refractivity contribution in [2.75, 3.05) is 30.9 Å². The van der Waals surface area contributed by atoms with E-state index in [0.29, 0.717) is 24.7 Å². The number of methoxy groups -OCH3 is 1. The van der Waals surface area contributed by atoms with Crippen molar-refractivity contribution in [1.82, 2.24) is 4.98 Å². The standard InChI is InChI=1S/C13H21N3O3/c1-13(2,3)19-12(17)16(7-8-18-4)10-5-6-11(14)15-9-10/h5-6,9H,7-8H2,1-4H3,(H2,14,15). The van der Waals surface area contributed by atoms with Crippen molar-refractivity contribution in [3.8, 4) is 0 Å². The molecule has 19 heavy (non-hydrogen) atoms. The molecule has 0 saturated heterocycles. The second kappa shape index (κ2) is 6.38. The quantitative estimate of drug-likeness (QED) is 0.903. The van der Waals surface area contributed by atoms with Gasteiger partial charge in [-0.15, -0.1) is 0 Å². The van der Waals surface area contributed by atoms with Crippen LogP contribution >= 0.6 is 0 Å². The minimum Gasteiger partial charge on any atom is -0.443 e. The average Bonchev–Trinajstić information content (AvgIpc) is 2.29. The van der Waals surface area contributed by atoms with Crippen molar-refractivity contribution in [1.29, 1.82) is 0 Å². The Balaban J connectivity index is 2.87. The fourth-order valence-corrected chi connectivity index (χ4v) is 1.38. The fraction of sp³-hybridized carbons (Fsp3) is 0.538. The van der Waals surface area contributed by atoms with Crippen LogP contribution in [0.2, 0.25) is 0 Å². The monoisotopic (exact) mass is 267 g/mol. The number of rotatable bonds is 4. The molecule has 0 aliphatic carbocycles. The highest BCUT2D eigenvalue weighted by molar-refractivity contribution is 5.87. The number of carbonyl (C=O) groups excluding carboxylic acids is 1. The van der Waals surface area contributed by atoms with E-state index in [-0.39, 0.29) is 0 Å². The van der Waals surface area contributed by atoms with Gasteiger partial charge in [0.15, 0.2) is 0 Å². The average molecular weight is 267 g/mol. The zero-order chi connectivity index (χ0) is 14.5. The summed E-state index contributed by atoms with van der Waals surface area (Å²) in [5, 5.41) is 0. The summed E-state index contributed by atoms with van der Waals surface area (Å²) in [5.41, 5.74) is 5.61. The molecular formula is C13H21N3O3. The second-order valence-electron chi connectivity index (χ2n) is 5.07. The van der Waals surface area contributed by atoms with Gasteiger partial charge in [-0.25, -0.2) is 9.78 Å². The molecule has 0 aromatic carbocycles. The molecule has 106 valence electrons. The molecule has 1 rings (SSSR count). The maximum absolute atomic E-state index is 12.1. The second-order valence-corrected chi connectivity index (χ2v) is 5.07. The maximum atomic E-state index is 12.1. The summed E-state index contributed by atoms with van der Waals surface area (Å²) in [6.45, 7) is 6.25. The Kier molecular flexibility index (Phi) is 5.11. The van der Waals surface area contributed by atoms with Crippen molar-refractivity contribution in [3.05, 3.63) is 18.3 Å². The van der Waals surface area contributed by atoms with Crippen LogP contribution in [0.1, 0.15) is 20.8 Å². The maximum Gasteiger partial charge on any atom is 0.414 e. The van der Waals surface area contributed by atoms with Gasteiger partial charge in [0.2, 0.25) is 0 Å². The molecule has 0 aliphatic rings. The predicted molar refractivity (Wildman–Crippen MR) is 74.1 cm³/mol. The number of nitrogen functional groups attached to an aromatic ring is 1. The first-order valence-corrected chi connectivity index (χ1v) is 6.04. The minimum atomic E-state index is -0.552. The number of ether oxygens (including phenoxy) is 2. The SMILES string of the molecule is COCCN(C(=O)OC(C)(C)C)c1ccc(N)nc1. The Hall–Kier alpha value is -1.82. The number of pyridine rings is 1. The lowest BCUT2D eigenvalue weighted by Gasteiger charge is -2.27. The van der Waals surface area contributed by atoms with E-state index in [0.717, 1.165) is 0 Å². The molecule has 0 aliphatic heterocycles. The molecule has 0 spiro atoms. The number of aromatic nitrogens is 1. The van der Waals surface area contributed by atoms with Gasteiger partial charge in [0, 0.05) is 7.11 Å². The van der Waals surface area contributed by atoms with Crippen LogP contribution in [0.5, 0.6) is 0 Å². The van der Waals surface area contributed by atoms with Gasteiger partial charge in [-0.3, -0.25) is 4.90 Å². The Morgan fingerprint density at radius 2 is 2.11 bits per heavy atom. The number of carbonyl (C=O) groups is 1. The van der Waals surface area contributed by atoms with Crippen LogP contribution in [-0.4, -0.2) is 36.9 Å². The third kappa shape index (κ3) is 5.13. The van der Waals surface area contributed by atoms with Gasteiger partial charge in [0.05, 0.1) is 25.0 Å². The molecule has 1 aromatic rings. The van der Waals surface area contributed by atoms with Crippen molar-refractivity contribution in [3.63, 3.8) is 0 Å². The lowest BCUT2D eigenvalue weighted by Crippen LogP contribution is -2.38. The topological polar surface area (TPSA) is 77.7 Å². The van der Waals surface area contributed by atoms with E-state index in [1.54, 1.807) is 19.2 Å². The molecule has 0 unspecified atom stereocenters. The molecule has 6 heteroatoms. The number of nitrogens with two attached hydrogens (primary N) is 1. The summed E-state index contributed by atoms with van der Waals surface area (Å²) in [7, 11) is 1.58. The zero-order valence-corrected chi connectivity index (χ0v) is 11.8. The molecule has 2 N–H and O–H groups in total. The molecule has 1 amide bonds. The van der Waals surface area contributed by atoms with Gasteiger partial charge in [-0.2, -0.15) is 0 Å². The summed E-state index contributed by atoms with van der Waals surface area (Å²) < 4.78 is 10.4. The third-order valence-corrected chi connectivity index (χ3v) is 2.22. The van der Waals surface area contributed by atoms with E-state index < -0.39 is 11.7 Å². The highest BCUT2D eigenvalue weighted by Crippen LogP contribution is 2.18. The van der Waals surface area contributed by atoms with Crippen molar-refractivity contribution in [2.45, 2.75) is 26.4 Å². The Morgan fingerprint density at radius 1 is 1.42 bits per heavy atom. The lowest BCUT2D eigenvalue weighted by molar-refractivity contribution is 0.0569. The number of hydrogen-bond donors (Lipinski definition) is 1. The van der Waals surface area contributed by atoms with Crippen LogP contribution < -0.4 is 10.6 Å². The van der Waals surface area contributed by atoms with Crippen LogP contribution in [0, 0.1) is 0 Å². The summed E-state index contributed by atoms with van der Waals surface area (Å²) in [6.07, 6.45) is 1.10. The summed E-state index contributed by atoms with van der Waals surface area (Å²) >= 11 is 0. The van der Waals surface area contributed by atoms with E-state index in [1.807, 2.05) is 20.8 Å². The first-order chi connectivity index (χ1) is 8.83. The first kappa shape index (κ1) is 15.2. The fourth-order valence-electron chi connectivity index (χ4n) is 1.38. The predicted octanol–water partition coefficient (Wildman–Crippen LogP) is 2.05. The van der Waals surface area contributed by atoms with Crippen LogP contribution in [0.15, 0.2) is 18.3 Å². The largest absolute Gasteiger partial charge is 0.443 e. The van der Waals surface area contributed by atoms with Gasteiger partial charge in [-0.1, -0.05) is 0 Å². The van der Waals surface area contributed by atoms with E-state index in [4.69, 9.17) is 15.2 Å². The van der Waals surface area contributed by atoms with E-state index in [9.17, 15) is 4.79 Å². The molecule has 0 bridgehead atoms. The van der Waals surface area contributed by atoms with E-state index >= 15 is 0 Å². The van der Waals surface area contributed by atoms with Gasteiger partial charge in [0.1, 0.15) is 11.4 Å². The van der Waals surface area contributed by atoms with Crippen LogP contribution in [0.4, 0.5) is 16.3 Å². The van der Waals surface area contributed by atoms with Crippen molar-refractivity contribution in [2.24, 2.45) is 0 Å². The van der Waals surface area contributed by atoms with Crippen molar-refractivity contribution < 1.29 is 14.3 Å². The number of amides is 1. The number of anilines is 2. The number of hydrogen-bond acceptors (Lipinski definition) is 5. The molecular weight excluding hydrogens is 246 g/mol. The molecule has 1 aromatic heterocycles. The molecule has 6 nitrogen and oxygen atoms in total. The highest BCUT2D eigenvalue weighted by Gasteiger charge is 2.23. The van der Waals surface area contributed by atoms with Crippen molar-refractivity contribution >= 4 is 17.6 Å². The Morgan fingerprint density at radius 3 is 2.58 bits per heavy atom.